The third-order valence-electron chi connectivity index (χ3n) is 4.64. The molecule has 2 aliphatic rings. The Kier molecular flexibility index (Phi) is 7.92. The second-order valence-corrected chi connectivity index (χ2v) is 6.46. The summed E-state index contributed by atoms with van der Waals surface area (Å²) in [7, 11) is 1.76. The third kappa shape index (κ3) is 5.46. The summed E-state index contributed by atoms with van der Waals surface area (Å²) in [5, 5.41) is 6.23. The van der Waals surface area contributed by atoms with Gasteiger partial charge < -0.3 is 20.4 Å². The number of aliphatic imine (C=N–C) groups is 1. The smallest absolute Gasteiger partial charge is 0.223 e. The minimum absolute atomic E-state index is 0. The Morgan fingerprint density at radius 3 is 2.42 bits per heavy atom. The van der Waals surface area contributed by atoms with Crippen LogP contribution in [0.2, 0.25) is 0 Å². The van der Waals surface area contributed by atoms with E-state index in [0.717, 1.165) is 45.0 Å². The zero-order valence-electron chi connectivity index (χ0n) is 15.1. The average Bonchev–Trinajstić information content (AvgIpc) is 3.48. The Morgan fingerprint density at radius 2 is 1.81 bits per heavy atom. The van der Waals surface area contributed by atoms with Gasteiger partial charge in [0.1, 0.15) is 5.82 Å². The number of carbonyl (C=O) groups excluding carboxylic acids is 1. The number of halogens is 2. The minimum atomic E-state index is -0.176. The Labute approximate surface area is 171 Å². The first-order chi connectivity index (χ1) is 12.2. The molecule has 1 aromatic rings. The van der Waals surface area contributed by atoms with E-state index in [4.69, 9.17) is 0 Å². The molecular weight excluding hydrogens is 448 g/mol. The molecule has 0 spiro atoms. The van der Waals surface area contributed by atoms with Crippen molar-refractivity contribution in [1.82, 2.24) is 15.5 Å². The molecule has 1 saturated carbocycles. The van der Waals surface area contributed by atoms with E-state index >= 15 is 0 Å². The molecule has 0 aromatic heterocycles. The number of nitrogens with one attached hydrogen (secondary N) is 2. The van der Waals surface area contributed by atoms with E-state index in [1.54, 1.807) is 13.1 Å². The van der Waals surface area contributed by atoms with Gasteiger partial charge in [0.05, 0.1) is 5.69 Å². The summed E-state index contributed by atoms with van der Waals surface area (Å²) in [5.41, 5.74) is 0.660. The van der Waals surface area contributed by atoms with Gasteiger partial charge in [-0.05, 0) is 25.0 Å². The van der Waals surface area contributed by atoms with Crippen LogP contribution < -0.4 is 15.5 Å². The number of guanidine groups is 1. The van der Waals surface area contributed by atoms with E-state index in [2.05, 4.69) is 25.4 Å². The lowest BCUT2D eigenvalue weighted by atomic mass is 10.2. The number of benzene rings is 1. The lowest BCUT2D eigenvalue weighted by molar-refractivity contribution is -0.122. The summed E-state index contributed by atoms with van der Waals surface area (Å²) in [6.07, 6.45) is 2.04. The summed E-state index contributed by atoms with van der Waals surface area (Å²) in [5.74, 6) is 1.06. The Morgan fingerprint density at radius 1 is 1.15 bits per heavy atom. The van der Waals surface area contributed by atoms with E-state index in [9.17, 15) is 9.18 Å². The molecular formula is C18H27FIN5O. The minimum Gasteiger partial charge on any atom is -0.366 e. The van der Waals surface area contributed by atoms with E-state index in [1.807, 2.05) is 12.1 Å². The summed E-state index contributed by atoms with van der Waals surface area (Å²) >= 11 is 0. The van der Waals surface area contributed by atoms with Crippen LogP contribution >= 0.6 is 24.0 Å². The van der Waals surface area contributed by atoms with Crippen LogP contribution in [0.4, 0.5) is 10.1 Å². The monoisotopic (exact) mass is 475 g/mol. The van der Waals surface area contributed by atoms with Crippen LogP contribution in [-0.2, 0) is 4.79 Å². The molecule has 0 radical (unpaired) electrons. The highest BCUT2D eigenvalue weighted by atomic mass is 127. The van der Waals surface area contributed by atoms with Crippen molar-refractivity contribution in [2.24, 2.45) is 10.9 Å². The first-order valence-corrected chi connectivity index (χ1v) is 8.92. The summed E-state index contributed by atoms with van der Waals surface area (Å²) in [6, 6.07) is 6.89. The summed E-state index contributed by atoms with van der Waals surface area (Å²) in [4.78, 5) is 20.2. The largest absolute Gasteiger partial charge is 0.366 e. The lowest BCUT2D eigenvalue weighted by Crippen LogP contribution is -2.53. The molecule has 2 fully saturated rings. The molecule has 0 atom stereocenters. The van der Waals surface area contributed by atoms with Gasteiger partial charge >= 0.3 is 0 Å². The second kappa shape index (κ2) is 9.94. The molecule has 8 heteroatoms. The first kappa shape index (κ1) is 20.7. The number of rotatable bonds is 5. The third-order valence-corrected chi connectivity index (χ3v) is 4.64. The van der Waals surface area contributed by atoms with E-state index in [1.165, 1.54) is 6.07 Å². The van der Waals surface area contributed by atoms with Gasteiger partial charge in [-0.25, -0.2) is 4.39 Å². The molecule has 1 aliphatic heterocycles. The zero-order chi connectivity index (χ0) is 17.6. The van der Waals surface area contributed by atoms with Crippen LogP contribution in [0, 0.1) is 11.7 Å². The molecule has 1 aliphatic carbocycles. The van der Waals surface area contributed by atoms with Crippen molar-refractivity contribution in [3.8, 4) is 0 Å². The van der Waals surface area contributed by atoms with Crippen LogP contribution in [0.15, 0.2) is 29.3 Å². The van der Waals surface area contributed by atoms with E-state index < -0.39 is 0 Å². The molecule has 6 nitrogen and oxygen atoms in total. The molecule has 0 unspecified atom stereocenters. The van der Waals surface area contributed by atoms with Gasteiger partial charge in [0, 0.05) is 52.2 Å². The lowest BCUT2D eigenvalue weighted by Gasteiger charge is -2.37. The molecule has 0 bridgehead atoms. The summed E-state index contributed by atoms with van der Waals surface area (Å²) in [6.45, 7) is 4.31. The number of piperazine rings is 1. The van der Waals surface area contributed by atoms with Crippen LogP contribution in [0.25, 0.3) is 0 Å². The molecule has 3 rings (SSSR count). The highest BCUT2D eigenvalue weighted by molar-refractivity contribution is 14.0. The van der Waals surface area contributed by atoms with Crippen LogP contribution in [0.3, 0.4) is 0 Å². The number of anilines is 1. The van der Waals surface area contributed by atoms with Gasteiger partial charge in [0.15, 0.2) is 5.96 Å². The summed E-state index contributed by atoms with van der Waals surface area (Å²) < 4.78 is 13.9. The van der Waals surface area contributed by atoms with Crippen molar-refractivity contribution in [2.45, 2.75) is 12.8 Å². The first-order valence-electron chi connectivity index (χ1n) is 8.92. The topological polar surface area (TPSA) is 60.0 Å². The van der Waals surface area contributed by atoms with Gasteiger partial charge in [-0.2, -0.15) is 0 Å². The molecule has 1 amide bonds. The Bertz CT molecular complexity index is 630. The normalized spacial score (nSPS) is 17.5. The number of hydrogen-bond donors (Lipinski definition) is 2. The van der Waals surface area contributed by atoms with Crippen molar-refractivity contribution < 1.29 is 9.18 Å². The molecule has 2 N–H and O–H groups in total. The predicted octanol–water partition coefficient (Wildman–Crippen LogP) is 1.67. The molecule has 1 saturated heterocycles. The van der Waals surface area contributed by atoms with E-state index in [0.29, 0.717) is 18.8 Å². The van der Waals surface area contributed by atoms with Gasteiger partial charge in [-0.15, -0.1) is 24.0 Å². The van der Waals surface area contributed by atoms with Gasteiger partial charge in [-0.1, -0.05) is 12.1 Å². The highest BCUT2D eigenvalue weighted by Gasteiger charge is 2.29. The molecule has 144 valence electrons. The van der Waals surface area contributed by atoms with Crippen LogP contribution in [0.1, 0.15) is 12.8 Å². The predicted molar refractivity (Wildman–Crippen MR) is 113 cm³/mol. The maximum atomic E-state index is 13.9. The highest BCUT2D eigenvalue weighted by Crippen LogP contribution is 2.28. The number of amides is 1. The molecule has 1 heterocycles. The number of nitrogens with zero attached hydrogens (tertiary/aromatic N) is 3. The standard InChI is InChI=1S/C18H26FN5O.HI/c1-20-18(22-9-8-21-17(25)14-6-7-14)24-12-10-23(11-13-24)16-5-3-2-4-15(16)19;/h2-5,14H,6-13H2,1H3,(H,20,22)(H,21,25);1H. The average molecular weight is 475 g/mol. The van der Waals surface area contributed by atoms with Crippen molar-refractivity contribution in [2.75, 3.05) is 51.2 Å². The molecule has 26 heavy (non-hydrogen) atoms. The van der Waals surface area contributed by atoms with E-state index in [-0.39, 0.29) is 41.6 Å². The van der Waals surface area contributed by atoms with Crippen molar-refractivity contribution in [1.29, 1.82) is 0 Å². The number of hydrogen-bond acceptors (Lipinski definition) is 3. The van der Waals surface area contributed by atoms with Crippen LogP contribution in [-0.4, -0.2) is 63.1 Å². The molecule has 1 aromatic carbocycles. The zero-order valence-corrected chi connectivity index (χ0v) is 17.4. The fourth-order valence-electron chi connectivity index (χ4n) is 3.05. The second-order valence-electron chi connectivity index (χ2n) is 6.46. The van der Waals surface area contributed by atoms with Crippen LogP contribution in [0.5, 0.6) is 0 Å². The van der Waals surface area contributed by atoms with Gasteiger partial charge in [-0.3, -0.25) is 9.79 Å². The fourth-order valence-corrected chi connectivity index (χ4v) is 3.05. The Hall–Kier alpha value is -1.58. The SMILES string of the molecule is CN=C(NCCNC(=O)C1CC1)N1CCN(c2ccccc2F)CC1.I. The fraction of sp³-hybridized carbons (Fsp3) is 0.556. The number of carbonyl (C=O) groups is 1. The van der Waals surface area contributed by atoms with Gasteiger partial charge in [0.2, 0.25) is 5.91 Å². The quantitative estimate of drug-likeness (QED) is 0.295. The maximum Gasteiger partial charge on any atom is 0.223 e. The van der Waals surface area contributed by atoms with Crippen molar-refractivity contribution in [3.63, 3.8) is 0 Å². The number of para-hydroxylation sites is 1. The maximum absolute atomic E-state index is 13.9. The van der Waals surface area contributed by atoms with Crippen molar-refractivity contribution in [3.05, 3.63) is 30.1 Å². The Balaban J connectivity index is 0.00000243. The van der Waals surface area contributed by atoms with Gasteiger partial charge in [0.25, 0.3) is 0 Å². The van der Waals surface area contributed by atoms with Crippen molar-refractivity contribution >= 4 is 41.5 Å².